The molecule has 3 aromatic rings. The standard InChI is InChI=1S/C20H20FN7O2/c21-14-1-3-15(4-2-14)25-20-16(19(23)29)10-28(26-20)17-11-27(7-5-13(17)9-22)12-18-24-6-8-30-18/h1-4,6,8,10,13,17H,5,7,11-12H2,(H2,23,29)(H,25,26)/t13-,17?/m0/s1. The highest BCUT2D eigenvalue weighted by atomic mass is 19.1. The first-order valence-electron chi connectivity index (χ1n) is 9.45. The fraction of sp³-hybridized carbons (Fsp3) is 0.300. The minimum atomic E-state index is -0.646. The van der Waals surface area contributed by atoms with Crippen molar-refractivity contribution in [2.75, 3.05) is 18.4 Å². The average Bonchev–Trinajstić information content (AvgIpc) is 3.40. The number of nitrogens with two attached hydrogens (primary N) is 1. The maximum atomic E-state index is 13.2. The molecule has 10 heteroatoms. The van der Waals surface area contributed by atoms with Crippen molar-refractivity contribution in [1.29, 1.82) is 5.26 Å². The van der Waals surface area contributed by atoms with Crippen LogP contribution in [0.2, 0.25) is 0 Å². The summed E-state index contributed by atoms with van der Waals surface area (Å²) in [6.07, 6.45) is 5.32. The van der Waals surface area contributed by atoms with Crippen molar-refractivity contribution in [2.24, 2.45) is 11.7 Å². The number of nitrogens with one attached hydrogen (secondary N) is 1. The first kappa shape index (κ1) is 19.6. The van der Waals surface area contributed by atoms with Crippen molar-refractivity contribution in [3.05, 3.63) is 60.2 Å². The predicted molar refractivity (Wildman–Crippen MR) is 105 cm³/mol. The third-order valence-electron chi connectivity index (χ3n) is 5.12. The van der Waals surface area contributed by atoms with Gasteiger partial charge in [0.05, 0.1) is 30.8 Å². The van der Waals surface area contributed by atoms with Gasteiger partial charge in [-0.3, -0.25) is 14.4 Å². The molecule has 0 aliphatic carbocycles. The van der Waals surface area contributed by atoms with Crippen LogP contribution in [0, 0.1) is 23.1 Å². The zero-order valence-corrected chi connectivity index (χ0v) is 16.0. The number of amides is 1. The fourth-order valence-corrected chi connectivity index (χ4v) is 3.59. The summed E-state index contributed by atoms with van der Waals surface area (Å²) in [6, 6.07) is 7.74. The van der Waals surface area contributed by atoms with Crippen LogP contribution in [0.5, 0.6) is 0 Å². The number of anilines is 2. The van der Waals surface area contributed by atoms with E-state index in [1.807, 2.05) is 0 Å². The van der Waals surface area contributed by atoms with Gasteiger partial charge >= 0.3 is 0 Å². The summed E-state index contributed by atoms with van der Waals surface area (Å²) in [5, 5.41) is 17.1. The molecule has 1 unspecified atom stereocenters. The van der Waals surface area contributed by atoms with Crippen LogP contribution in [0.4, 0.5) is 15.9 Å². The Kier molecular flexibility index (Phi) is 5.45. The number of hydrogen-bond acceptors (Lipinski definition) is 7. The third kappa shape index (κ3) is 4.16. The quantitative estimate of drug-likeness (QED) is 0.640. The van der Waals surface area contributed by atoms with Gasteiger partial charge in [0.15, 0.2) is 5.82 Å². The van der Waals surface area contributed by atoms with E-state index in [1.54, 1.807) is 17.1 Å². The SMILES string of the molecule is N#C[C@@H]1CCN(Cc2ncco2)CC1n1cc(C(N)=O)c(Nc2ccc(F)cc2)n1. The number of primary amides is 1. The number of aromatic nitrogens is 3. The lowest BCUT2D eigenvalue weighted by Crippen LogP contribution is -2.41. The summed E-state index contributed by atoms with van der Waals surface area (Å²) in [7, 11) is 0. The van der Waals surface area contributed by atoms with Crippen LogP contribution in [0.3, 0.4) is 0 Å². The van der Waals surface area contributed by atoms with Crippen molar-refractivity contribution in [1.82, 2.24) is 19.7 Å². The molecule has 0 saturated carbocycles. The highest BCUT2D eigenvalue weighted by molar-refractivity contribution is 5.98. The molecule has 3 N–H and O–H groups in total. The maximum absolute atomic E-state index is 13.2. The molecule has 154 valence electrons. The van der Waals surface area contributed by atoms with E-state index < -0.39 is 5.91 Å². The number of nitriles is 1. The Hall–Kier alpha value is -3.71. The Labute approximate surface area is 171 Å². The second-order valence-corrected chi connectivity index (χ2v) is 7.12. The molecule has 1 aromatic carbocycles. The lowest BCUT2D eigenvalue weighted by Gasteiger charge is -2.35. The monoisotopic (exact) mass is 409 g/mol. The number of hydrogen-bond donors (Lipinski definition) is 2. The Morgan fingerprint density at radius 1 is 1.40 bits per heavy atom. The normalized spacial score (nSPS) is 19.3. The van der Waals surface area contributed by atoms with Gasteiger partial charge in [-0.25, -0.2) is 9.37 Å². The number of carbonyl (C=O) groups excluding carboxylic acids is 1. The van der Waals surface area contributed by atoms with Crippen LogP contribution in [0.15, 0.2) is 47.3 Å². The van der Waals surface area contributed by atoms with Crippen molar-refractivity contribution in [2.45, 2.75) is 19.0 Å². The van der Waals surface area contributed by atoms with Crippen molar-refractivity contribution < 1.29 is 13.6 Å². The third-order valence-corrected chi connectivity index (χ3v) is 5.12. The Morgan fingerprint density at radius 3 is 2.87 bits per heavy atom. The van der Waals surface area contributed by atoms with Gasteiger partial charge in [-0.1, -0.05) is 0 Å². The van der Waals surface area contributed by atoms with Crippen LogP contribution in [0.25, 0.3) is 0 Å². The maximum Gasteiger partial charge on any atom is 0.254 e. The second kappa shape index (κ2) is 8.34. The molecule has 1 amide bonds. The summed E-state index contributed by atoms with van der Waals surface area (Å²) in [5.41, 5.74) is 6.29. The van der Waals surface area contributed by atoms with E-state index in [0.717, 1.165) is 6.54 Å². The molecule has 30 heavy (non-hydrogen) atoms. The summed E-state index contributed by atoms with van der Waals surface area (Å²) >= 11 is 0. The fourth-order valence-electron chi connectivity index (χ4n) is 3.59. The predicted octanol–water partition coefficient (Wildman–Crippen LogP) is 2.44. The smallest absolute Gasteiger partial charge is 0.254 e. The van der Waals surface area contributed by atoms with Crippen molar-refractivity contribution in [3.8, 4) is 6.07 Å². The van der Waals surface area contributed by atoms with E-state index in [2.05, 4.69) is 26.4 Å². The summed E-state index contributed by atoms with van der Waals surface area (Å²) in [6.45, 7) is 1.78. The molecule has 1 saturated heterocycles. The van der Waals surface area contributed by atoms with Gasteiger partial charge in [0.25, 0.3) is 5.91 Å². The molecular weight excluding hydrogens is 389 g/mol. The van der Waals surface area contributed by atoms with E-state index in [-0.39, 0.29) is 29.2 Å². The van der Waals surface area contributed by atoms with E-state index >= 15 is 0 Å². The molecule has 2 atom stereocenters. The van der Waals surface area contributed by atoms with E-state index in [9.17, 15) is 14.4 Å². The first-order chi connectivity index (χ1) is 14.5. The van der Waals surface area contributed by atoms with Gasteiger partial charge in [-0.2, -0.15) is 10.4 Å². The van der Waals surface area contributed by atoms with E-state index in [1.165, 1.54) is 30.5 Å². The molecule has 9 nitrogen and oxygen atoms in total. The number of piperidine rings is 1. The van der Waals surface area contributed by atoms with Crippen LogP contribution < -0.4 is 11.1 Å². The van der Waals surface area contributed by atoms with Gasteiger partial charge < -0.3 is 15.5 Å². The first-order valence-corrected chi connectivity index (χ1v) is 9.45. The van der Waals surface area contributed by atoms with Gasteiger partial charge in [-0.15, -0.1) is 0 Å². The van der Waals surface area contributed by atoms with Crippen molar-refractivity contribution in [3.63, 3.8) is 0 Å². The molecule has 0 radical (unpaired) electrons. The number of rotatable bonds is 6. The number of oxazole rings is 1. The molecule has 1 fully saturated rings. The summed E-state index contributed by atoms with van der Waals surface area (Å²) in [4.78, 5) is 18.2. The number of carbonyl (C=O) groups is 1. The summed E-state index contributed by atoms with van der Waals surface area (Å²) < 4.78 is 20.1. The van der Waals surface area contributed by atoms with Crippen LogP contribution in [-0.2, 0) is 6.54 Å². The molecule has 1 aliphatic rings. The lowest BCUT2D eigenvalue weighted by molar-refractivity contribution is 0.1000. The number of nitrogens with zero attached hydrogens (tertiary/aromatic N) is 5. The molecule has 2 aromatic heterocycles. The van der Waals surface area contributed by atoms with Crippen LogP contribution in [0.1, 0.15) is 28.7 Å². The zero-order valence-electron chi connectivity index (χ0n) is 16.0. The zero-order chi connectivity index (χ0) is 21.1. The van der Waals surface area contributed by atoms with Gasteiger partial charge in [-0.05, 0) is 30.7 Å². The Balaban J connectivity index is 1.59. The number of benzene rings is 1. The number of halogens is 1. The Morgan fingerprint density at radius 2 is 2.20 bits per heavy atom. The molecule has 0 bridgehead atoms. The van der Waals surface area contributed by atoms with Crippen molar-refractivity contribution >= 4 is 17.4 Å². The second-order valence-electron chi connectivity index (χ2n) is 7.12. The van der Waals surface area contributed by atoms with Crippen LogP contribution >= 0.6 is 0 Å². The van der Waals surface area contributed by atoms with Gasteiger partial charge in [0.2, 0.25) is 5.89 Å². The average molecular weight is 409 g/mol. The minimum absolute atomic E-state index is 0.195. The highest BCUT2D eigenvalue weighted by Gasteiger charge is 2.33. The lowest BCUT2D eigenvalue weighted by atomic mass is 9.93. The Bertz CT molecular complexity index is 1060. The molecular formula is C20H20FN7O2. The molecule has 4 rings (SSSR count). The van der Waals surface area contributed by atoms with Gasteiger partial charge in [0, 0.05) is 25.0 Å². The highest BCUT2D eigenvalue weighted by Crippen LogP contribution is 2.30. The van der Waals surface area contributed by atoms with E-state index in [0.29, 0.717) is 31.1 Å². The largest absolute Gasteiger partial charge is 0.448 e. The molecule has 0 spiro atoms. The summed E-state index contributed by atoms with van der Waals surface area (Å²) in [5.74, 6) is -0.430. The van der Waals surface area contributed by atoms with Gasteiger partial charge in [0.1, 0.15) is 17.6 Å². The number of likely N-dealkylation sites (tertiary alicyclic amines) is 1. The molecule has 3 heterocycles. The molecule has 1 aliphatic heterocycles. The van der Waals surface area contributed by atoms with Crippen LogP contribution in [-0.4, -0.2) is 38.7 Å². The minimum Gasteiger partial charge on any atom is -0.448 e. The van der Waals surface area contributed by atoms with E-state index in [4.69, 9.17) is 10.2 Å². The topological polar surface area (TPSA) is 126 Å².